The number of aliphatic hydroxyl groups excluding tert-OH is 2. The highest BCUT2D eigenvalue weighted by Gasteiger charge is 2.24. The Morgan fingerprint density at radius 1 is 0.375 bits per heavy atom. The van der Waals surface area contributed by atoms with Crippen molar-refractivity contribution >= 4 is 55.2 Å². The molecule has 23 nitrogen and oxygen atoms in total. The van der Waals surface area contributed by atoms with Gasteiger partial charge in [-0.05, 0) is 130 Å². The zero-order valence-electron chi connectivity index (χ0n) is 70.8. The van der Waals surface area contributed by atoms with E-state index in [0.717, 1.165) is 117 Å². The van der Waals surface area contributed by atoms with Gasteiger partial charge in [-0.2, -0.15) is 15.3 Å². The summed E-state index contributed by atoms with van der Waals surface area (Å²) < 4.78 is 54.3. The van der Waals surface area contributed by atoms with Crippen LogP contribution in [0.25, 0.3) is 123 Å². The van der Waals surface area contributed by atoms with Crippen LogP contribution in [-0.2, 0) is 61.9 Å². The first-order valence-corrected chi connectivity index (χ1v) is 41.9. The molecule has 0 radical (unpaired) electrons. The molecule has 19 aromatic rings. The predicted octanol–water partition coefficient (Wildman–Crippen LogP) is 23.7. The Labute approximate surface area is 738 Å². The maximum atomic E-state index is 11.4. The first-order valence-electron chi connectivity index (χ1n) is 41.9. The molecular weight excluding hydrogens is 1610 g/mol. The standard InChI is InChI=1S/2C27H23N3O3.C26H21N3O3.C25H24N2O3/c1-19(31)15-16-30-24-13-8-14-25(22(24)17-28-30)32-18-23-26(20-9-4-2-5-10-20)33-27(29-23)21-11-6-3-7-12-21;1-19(31)14-15-30-25-16-23(13-12-22(25)17-28-30)32-18-24-26(20-8-4-2-5-9-20)33-27(29-24)21-10-6-3-7-11-21;1-18(30)16-29-23-13-8-14-24(21(23)15-27-29)31-17-22-25(19-9-4-2-5-10-19)32-26(28-22)20-11-6-3-7-12-20;1-17(28)11-12-19-9-6-10-21-23(13-15-26-24(19)21)29-16-14-22-18(2)30-25(27-22)20-7-4-3-5-8-20/h2-14,17H,15-16,18H2,1H3;2-13,16-17,31H,1,14-15,18H2;2-15,30H,1,16-17H2;3-10,13,15H,11-12,14,16H2,1-2H3. The maximum absolute atomic E-state index is 11.4. The molecule has 2 N–H and O–H groups in total. The Balaban J connectivity index is 0.000000125. The Hall–Kier alpha value is -16.3. The Morgan fingerprint density at radius 2 is 0.789 bits per heavy atom. The van der Waals surface area contributed by atoms with Gasteiger partial charge in [-0.25, -0.2) is 19.9 Å². The van der Waals surface area contributed by atoms with E-state index in [2.05, 4.69) is 38.4 Å². The molecule has 0 aliphatic rings. The van der Waals surface area contributed by atoms with Crippen molar-refractivity contribution in [2.75, 3.05) is 6.61 Å². The number of aryl methyl sites for hydroxylation is 4. The van der Waals surface area contributed by atoms with Crippen LogP contribution in [0.5, 0.6) is 23.0 Å². The summed E-state index contributed by atoms with van der Waals surface area (Å²) in [5, 5.41) is 35.8. The molecule has 0 bridgehead atoms. The van der Waals surface area contributed by atoms with Gasteiger partial charge in [-0.15, -0.1) is 0 Å². The van der Waals surface area contributed by atoms with Crippen molar-refractivity contribution in [3.8, 4) is 103 Å². The molecule has 0 amide bonds. The summed E-state index contributed by atoms with van der Waals surface area (Å²) in [6.45, 7) is 14.8. The van der Waals surface area contributed by atoms with E-state index in [0.29, 0.717) is 116 Å². The van der Waals surface area contributed by atoms with Crippen molar-refractivity contribution in [3.63, 3.8) is 0 Å². The van der Waals surface area contributed by atoms with Gasteiger partial charge in [-0.1, -0.05) is 201 Å². The van der Waals surface area contributed by atoms with Gasteiger partial charge in [0, 0.05) is 101 Å². The van der Waals surface area contributed by atoms with Crippen molar-refractivity contribution < 1.29 is 56.4 Å². The van der Waals surface area contributed by atoms with Gasteiger partial charge in [0.25, 0.3) is 0 Å². The van der Waals surface area contributed by atoms with E-state index in [9.17, 15) is 19.8 Å². The van der Waals surface area contributed by atoms with Crippen molar-refractivity contribution in [1.29, 1.82) is 0 Å². The number of benzene rings is 11. The third kappa shape index (κ3) is 21.1. The molecule has 11 aromatic carbocycles. The molecule has 638 valence electrons. The van der Waals surface area contributed by atoms with E-state index in [-0.39, 0.29) is 49.5 Å². The average Bonchev–Trinajstić information content (AvgIpc) is 1.19. The second kappa shape index (κ2) is 40.8. The van der Waals surface area contributed by atoms with Crippen LogP contribution in [0.15, 0.2) is 358 Å². The number of hydrogen-bond donors (Lipinski definition) is 2. The van der Waals surface area contributed by atoms with Crippen LogP contribution in [-0.4, -0.2) is 82.6 Å². The predicted molar refractivity (Wildman–Crippen MR) is 494 cm³/mol. The monoisotopic (exact) mass is 1700 g/mol. The normalized spacial score (nSPS) is 11.0. The number of nitrogens with zero attached hydrogens (tertiary/aromatic N) is 11. The molecule has 128 heavy (non-hydrogen) atoms. The average molecular weight is 1700 g/mol. The van der Waals surface area contributed by atoms with Crippen LogP contribution in [0.4, 0.5) is 0 Å². The van der Waals surface area contributed by atoms with Crippen LogP contribution in [0.3, 0.4) is 0 Å². The highest BCUT2D eigenvalue weighted by molar-refractivity contribution is 5.89. The number of oxazole rings is 4. The number of hydrogen-bond acceptors (Lipinski definition) is 20. The minimum absolute atomic E-state index is 0.0462. The van der Waals surface area contributed by atoms with E-state index in [1.165, 1.54) is 0 Å². The van der Waals surface area contributed by atoms with Crippen LogP contribution < -0.4 is 18.9 Å². The number of aliphatic hydroxyl groups is 2. The second-order valence-electron chi connectivity index (χ2n) is 30.2. The molecule has 0 unspecified atom stereocenters. The fourth-order valence-electron chi connectivity index (χ4n) is 14.5. The highest BCUT2D eigenvalue weighted by atomic mass is 16.5. The van der Waals surface area contributed by atoms with Crippen LogP contribution in [0, 0.1) is 6.92 Å². The van der Waals surface area contributed by atoms with Crippen molar-refractivity contribution in [2.24, 2.45) is 0 Å². The van der Waals surface area contributed by atoms with Crippen molar-refractivity contribution in [2.45, 2.75) is 92.3 Å². The summed E-state index contributed by atoms with van der Waals surface area (Å²) in [6, 6.07) is 94.3. The van der Waals surface area contributed by atoms with Crippen molar-refractivity contribution in [3.05, 3.63) is 375 Å². The lowest BCUT2D eigenvalue weighted by Crippen LogP contribution is -2.04. The fourth-order valence-corrected chi connectivity index (χ4v) is 14.5. The number of ether oxygens (including phenoxy) is 4. The van der Waals surface area contributed by atoms with Gasteiger partial charge < -0.3 is 51.6 Å². The van der Waals surface area contributed by atoms with E-state index in [4.69, 9.17) is 51.6 Å². The molecule has 23 heteroatoms. The van der Waals surface area contributed by atoms with E-state index < -0.39 is 0 Å². The topological polar surface area (TPSA) is 282 Å². The van der Waals surface area contributed by atoms with Gasteiger partial charge in [0.05, 0.1) is 76.0 Å². The SMILES string of the molecule is C=C(O)CCn1ncc2ccc(OCc3nc(-c4ccccc4)oc3-c3ccccc3)cc21.C=C(O)Cn1ncc2c(OCc3nc(-c4ccccc4)oc3-c3ccccc3)cccc21.CC(=O)CCc1cccc2c(OCCc3nc(-c4ccccc4)oc3C)ccnc12.CC(=O)CCn1ncc2c(OCc3nc(-c4ccccc4)oc3-c3ccccc3)cccc21. The number of rotatable bonds is 31. The van der Waals surface area contributed by atoms with E-state index in [1.54, 1.807) is 43.3 Å². The number of allylic oxidation sites excluding steroid dienone is 2. The molecule has 0 spiro atoms. The first kappa shape index (κ1) is 85.3. The molecule has 8 heterocycles. The number of pyridine rings is 1. The van der Waals surface area contributed by atoms with E-state index in [1.807, 2.05) is 307 Å². The quantitative estimate of drug-likeness (QED) is 0.0382. The van der Waals surface area contributed by atoms with Gasteiger partial charge in [0.1, 0.15) is 83.0 Å². The van der Waals surface area contributed by atoms with Crippen molar-refractivity contribution in [1.82, 2.24) is 54.3 Å². The Bertz CT molecular complexity index is 6970. The lowest BCUT2D eigenvalue weighted by Gasteiger charge is -2.10. The lowest BCUT2D eigenvalue weighted by molar-refractivity contribution is -0.117. The van der Waals surface area contributed by atoms with Crippen LogP contribution in [0.2, 0.25) is 0 Å². The van der Waals surface area contributed by atoms with Gasteiger partial charge in [0.2, 0.25) is 23.6 Å². The number of Topliss-reactive ketones (excluding diaryl/α,β-unsaturated/α-hetero) is 2. The second-order valence-corrected chi connectivity index (χ2v) is 30.2. The summed E-state index contributed by atoms with van der Waals surface area (Å²) >= 11 is 0. The lowest BCUT2D eigenvalue weighted by atomic mass is 10.0. The summed E-state index contributed by atoms with van der Waals surface area (Å²) in [6.07, 6.45) is 9.80. The third-order valence-electron chi connectivity index (χ3n) is 21.0. The molecule has 0 saturated carbocycles. The molecule has 0 aliphatic heterocycles. The zero-order valence-corrected chi connectivity index (χ0v) is 70.8. The minimum atomic E-state index is 0.0462. The summed E-state index contributed by atoms with van der Waals surface area (Å²) in [7, 11) is 0. The third-order valence-corrected chi connectivity index (χ3v) is 21.0. The number of fused-ring (bicyclic) bond motifs is 4. The van der Waals surface area contributed by atoms with Gasteiger partial charge in [0.15, 0.2) is 17.3 Å². The number of ketones is 2. The summed E-state index contributed by atoms with van der Waals surface area (Å²) in [5.74, 6) is 8.57. The molecule has 0 saturated heterocycles. The summed E-state index contributed by atoms with van der Waals surface area (Å²) in [4.78, 5) is 46.1. The zero-order chi connectivity index (χ0) is 88.1. The largest absolute Gasteiger partial charge is 0.513 e. The van der Waals surface area contributed by atoms with Gasteiger partial charge in [-0.3, -0.25) is 23.8 Å². The molecule has 8 aromatic heterocycles. The van der Waals surface area contributed by atoms with E-state index >= 15 is 0 Å². The number of carbonyl (C=O) groups is 2. The first-order chi connectivity index (χ1) is 62.7. The Morgan fingerprint density at radius 3 is 1.27 bits per heavy atom. The highest BCUT2D eigenvalue weighted by Crippen LogP contribution is 2.38. The molecule has 19 rings (SSSR count). The Kier molecular flexibility index (Phi) is 27.2. The number of aromatic nitrogens is 11. The molecule has 0 atom stereocenters. The van der Waals surface area contributed by atoms with Crippen LogP contribution in [0.1, 0.15) is 67.2 Å². The minimum Gasteiger partial charge on any atom is -0.513 e. The smallest absolute Gasteiger partial charge is 0.227 e. The van der Waals surface area contributed by atoms with Crippen LogP contribution >= 0.6 is 0 Å². The fraction of sp³-hybridized carbons (Fsp3) is 0.143. The summed E-state index contributed by atoms with van der Waals surface area (Å²) in [5.41, 5.74) is 14.3. The molecule has 0 fully saturated rings. The molecule has 0 aliphatic carbocycles. The maximum Gasteiger partial charge on any atom is 0.227 e. The number of para-hydroxylation sites is 1. The number of carbonyl (C=O) groups excluding carboxylic acids is 2. The van der Waals surface area contributed by atoms with Gasteiger partial charge >= 0.3 is 0 Å². The molecular formula is C105H91N11O12.